The average Bonchev–Trinajstić information content (AvgIpc) is 2.31. The van der Waals surface area contributed by atoms with Crippen molar-refractivity contribution in [1.29, 1.82) is 0 Å². The normalized spacial score (nSPS) is 8.21. The number of rotatable bonds is 10. The van der Waals surface area contributed by atoms with Crippen molar-refractivity contribution in [2.24, 2.45) is 22.9 Å². The summed E-state index contributed by atoms with van der Waals surface area (Å²) in [7, 11) is 0. The third kappa shape index (κ3) is 45.0. The van der Waals surface area contributed by atoms with Crippen LogP contribution in [0.2, 0.25) is 0 Å². The van der Waals surface area contributed by atoms with Crippen molar-refractivity contribution in [3.8, 4) is 0 Å². The quantitative estimate of drug-likeness (QED) is 0.124. The van der Waals surface area contributed by atoms with Gasteiger partial charge in [-0.3, -0.25) is 0 Å². The molecular formula is C12H32CuI2N4. The third-order valence-electron chi connectivity index (χ3n) is 2.32. The summed E-state index contributed by atoms with van der Waals surface area (Å²) >= 11 is 0. The molecule has 19 heavy (non-hydrogen) atoms. The van der Waals surface area contributed by atoms with E-state index < -0.39 is 0 Å². The van der Waals surface area contributed by atoms with Gasteiger partial charge in [0.15, 0.2) is 0 Å². The van der Waals surface area contributed by atoms with Gasteiger partial charge < -0.3 is 70.9 Å². The predicted molar refractivity (Wildman–Crippen MR) is 73.2 cm³/mol. The van der Waals surface area contributed by atoms with Gasteiger partial charge in [-0.1, -0.05) is 25.7 Å². The van der Waals surface area contributed by atoms with Crippen LogP contribution in [-0.4, -0.2) is 26.2 Å². The largest absolute Gasteiger partial charge is 2.00 e. The molecule has 0 aliphatic rings. The molecule has 0 saturated carbocycles. The summed E-state index contributed by atoms with van der Waals surface area (Å²) in [6.07, 6.45) is 9.59. The summed E-state index contributed by atoms with van der Waals surface area (Å²) in [5.41, 5.74) is 21.1. The Balaban J connectivity index is -0.0000000594. The van der Waals surface area contributed by atoms with Gasteiger partial charge in [0.25, 0.3) is 0 Å². The van der Waals surface area contributed by atoms with Gasteiger partial charge in [-0.25, -0.2) is 0 Å². The summed E-state index contributed by atoms with van der Waals surface area (Å²) < 4.78 is 0. The van der Waals surface area contributed by atoms with Gasteiger partial charge in [-0.05, 0) is 51.9 Å². The van der Waals surface area contributed by atoms with Crippen LogP contribution in [0.3, 0.4) is 0 Å². The van der Waals surface area contributed by atoms with Crippen molar-refractivity contribution in [1.82, 2.24) is 0 Å². The monoisotopic (exact) mass is 549 g/mol. The van der Waals surface area contributed by atoms with Crippen LogP contribution in [0, 0.1) is 0 Å². The average molecular weight is 550 g/mol. The van der Waals surface area contributed by atoms with Crippen molar-refractivity contribution in [3.05, 3.63) is 0 Å². The van der Waals surface area contributed by atoms with E-state index >= 15 is 0 Å². The molecule has 0 aliphatic carbocycles. The second kappa shape index (κ2) is 36.8. The van der Waals surface area contributed by atoms with Crippen LogP contribution in [0.15, 0.2) is 0 Å². The molecule has 0 aromatic rings. The second-order valence-corrected chi connectivity index (χ2v) is 3.98. The molecule has 0 aromatic heterocycles. The van der Waals surface area contributed by atoms with Crippen LogP contribution in [0.1, 0.15) is 51.4 Å². The van der Waals surface area contributed by atoms with Gasteiger partial charge in [0, 0.05) is 0 Å². The van der Waals surface area contributed by atoms with Crippen molar-refractivity contribution in [2.75, 3.05) is 26.2 Å². The Bertz CT molecular complexity index is 89.7. The molecule has 0 fully saturated rings. The van der Waals surface area contributed by atoms with E-state index in [1.807, 2.05) is 0 Å². The molecule has 0 saturated heterocycles. The van der Waals surface area contributed by atoms with Crippen LogP contribution in [0.4, 0.5) is 0 Å². The maximum absolute atomic E-state index is 5.28. The minimum absolute atomic E-state index is 0. The first kappa shape index (κ1) is 32.7. The van der Waals surface area contributed by atoms with Crippen molar-refractivity contribution >= 4 is 0 Å². The Labute approximate surface area is 164 Å². The molecule has 0 atom stereocenters. The van der Waals surface area contributed by atoms with E-state index in [0.717, 1.165) is 51.9 Å². The molecule has 0 rings (SSSR count). The molecule has 0 aliphatic heterocycles. The molecule has 0 unspecified atom stereocenters. The topological polar surface area (TPSA) is 104 Å². The number of nitrogens with two attached hydrogens (primary N) is 4. The van der Waals surface area contributed by atoms with Crippen LogP contribution in [0.5, 0.6) is 0 Å². The van der Waals surface area contributed by atoms with E-state index in [1.165, 1.54) is 25.7 Å². The molecule has 0 aromatic carbocycles. The molecule has 0 heterocycles. The van der Waals surface area contributed by atoms with Gasteiger partial charge in [0.1, 0.15) is 0 Å². The third-order valence-corrected chi connectivity index (χ3v) is 2.32. The summed E-state index contributed by atoms with van der Waals surface area (Å²) in [5, 5.41) is 0. The Morgan fingerprint density at radius 1 is 0.368 bits per heavy atom. The van der Waals surface area contributed by atoms with Crippen molar-refractivity contribution in [2.45, 2.75) is 51.4 Å². The Hall–Kier alpha value is 1.82. The van der Waals surface area contributed by atoms with Crippen molar-refractivity contribution < 1.29 is 65.0 Å². The summed E-state index contributed by atoms with van der Waals surface area (Å²) in [6, 6.07) is 0. The molecule has 125 valence electrons. The van der Waals surface area contributed by atoms with Crippen molar-refractivity contribution in [3.63, 3.8) is 0 Å². The van der Waals surface area contributed by atoms with Crippen LogP contribution in [-0.2, 0) is 17.1 Å². The van der Waals surface area contributed by atoms with E-state index in [1.54, 1.807) is 0 Å². The van der Waals surface area contributed by atoms with E-state index in [0.29, 0.717) is 0 Å². The summed E-state index contributed by atoms with van der Waals surface area (Å²) in [6.45, 7) is 3.30. The maximum Gasteiger partial charge on any atom is 2.00 e. The molecule has 0 spiro atoms. The first-order valence-corrected chi connectivity index (χ1v) is 6.63. The molecule has 4 nitrogen and oxygen atoms in total. The Morgan fingerprint density at radius 3 is 0.632 bits per heavy atom. The Kier molecular flexibility index (Phi) is 63.2. The molecular weight excluding hydrogens is 518 g/mol. The van der Waals surface area contributed by atoms with E-state index in [-0.39, 0.29) is 65.0 Å². The van der Waals surface area contributed by atoms with Gasteiger partial charge in [0.2, 0.25) is 0 Å². The maximum atomic E-state index is 5.28. The molecule has 0 amide bonds. The molecule has 1 radical (unpaired) electrons. The minimum Gasteiger partial charge on any atom is -1.00 e. The van der Waals surface area contributed by atoms with E-state index in [9.17, 15) is 0 Å². The van der Waals surface area contributed by atoms with Gasteiger partial charge in [0.05, 0.1) is 0 Å². The fraction of sp³-hybridized carbons (Fsp3) is 1.00. The fourth-order valence-corrected chi connectivity index (χ4v) is 1.28. The van der Waals surface area contributed by atoms with Crippen LogP contribution >= 0.6 is 0 Å². The number of unbranched alkanes of at least 4 members (excludes halogenated alkanes) is 6. The van der Waals surface area contributed by atoms with Crippen LogP contribution < -0.4 is 70.9 Å². The van der Waals surface area contributed by atoms with Crippen LogP contribution in [0.25, 0.3) is 0 Å². The smallest absolute Gasteiger partial charge is 1.00 e. The zero-order chi connectivity index (χ0) is 12.5. The summed E-state index contributed by atoms with van der Waals surface area (Å²) in [4.78, 5) is 0. The SMILES string of the molecule is NCCCCCCN.NCCCCCCN.[Cu+2].[I-].[I-]. The number of halogens is 2. The van der Waals surface area contributed by atoms with Gasteiger partial charge in [-0.2, -0.15) is 0 Å². The standard InChI is InChI=1S/2C6H16N2.Cu.2HI/c2*7-5-3-1-2-4-6-8;;;/h2*1-8H2;;2*1H/q;;+2;;/p-2. The van der Waals surface area contributed by atoms with E-state index in [4.69, 9.17) is 22.9 Å². The Morgan fingerprint density at radius 2 is 0.526 bits per heavy atom. The fourth-order valence-electron chi connectivity index (χ4n) is 1.28. The van der Waals surface area contributed by atoms with Gasteiger partial charge in [-0.15, -0.1) is 0 Å². The van der Waals surface area contributed by atoms with E-state index in [2.05, 4.69) is 0 Å². The zero-order valence-electron chi connectivity index (χ0n) is 11.9. The second-order valence-electron chi connectivity index (χ2n) is 3.98. The first-order valence-electron chi connectivity index (χ1n) is 6.63. The first-order chi connectivity index (χ1) is 7.83. The number of hydrogen-bond acceptors (Lipinski definition) is 4. The minimum atomic E-state index is 0. The molecule has 7 heteroatoms. The van der Waals surface area contributed by atoms with Gasteiger partial charge >= 0.3 is 17.1 Å². The summed E-state index contributed by atoms with van der Waals surface area (Å²) in [5.74, 6) is 0. The predicted octanol–water partition coefficient (Wildman–Crippen LogP) is -5.07. The zero-order valence-corrected chi connectivity index (χ0v) is 17.1. The number of hydrogen-bond donors (Lipinski definition) is 4. The molecule has 8 N–H and O–H groups in total. The molecule has 0 bridgehead atoms.